The summed E-state index contributed by atoms with van der Waals surface area (Å²) in [6, 6.07) is 22.6. The van der Waals surface area contributed by atoms with E-state index in [1.54, 1.807) is 0 Å². The number of rotatable bonds is 1. The first-order valence-electron chi connectivity index (χ1n) is 9.06. The zero-order valence-corrected chi connectivity index (χ0v) is 14.5. The normalized spacial score (nSPS) is 15.3. The van der Waals surface area contributed by atoms with Crippen LogP contribution in [0, 0.1) is 0 Å². The molecule has 0 spiro atoms. The third kappa shape index (κ3) is 2.24. The number of nitrogen functional groups attached to an aromatic ring is 1. The van der Waals surface area contributed by atoms with Crippen molar-refractivity contribution in [1.82, 2.24) is 4.90 Å². The highest BCUT2D eigenvalue weighted by Crippen LogP contribution is 2.45. The van der Waals surface area contributed by atoms with E-state index in [0.29, 0.717) is 6.54 Å². The molecule has 1 aliphatic carbocycles. The number of fused-ring (bicyclic) bond motifs is 4. The molecule has 1 heterocycles. The molecule has 1 aliphatic heterocycles. The van der Waals surface area contributed by atoms with Gasteiger partial charge in [0.05, 0.1) is 5.92 Å². The zero-order chi connectivity index (χ0) is 17.7. The Labute approximate surface area is 153 Å². The highest BCUT2D eigenvalue weighted by atomic mass is 16.2. The van der Waals surface area contributed by atoms with E-state index in [0.717, 1.165) is 29.8 Å². The average molecular weight is 340 g/mol. The number of carbonyl (C=O) groups excluding carboxylic acids is 1. The van der Waals surface area contributed by atoms with E-state index >= 15 is 0 Å². The lowest BCUT2D eigenvalue weighted by atomic mass is 9.93. The van der Waals surface area contributed by atoms with Gasteiger partial charge in [0.1, 0.15) is 0 Å². The van der Waals surface area contributed by atoms with Gasteiger partial charge in [0.15, 0.2) is 0 Å². The zero-order valence-electron chi connectivity index (χ0n) is 14.5. The molecule has 0 unspecified atom stereocenters. The number of benzene rings is 3. The van der Waals surface area contributed by atoms with E-state index in [2.05, 4.69) is 30.3 Å². The van der Waals surface area contributed by atoms with Gasteiger partial charge in [0.2, 0.25) is 5.91 Å². The summed E-state index contributed by atoms with van der Waals surface area (Å²) in [5.41, 5.74) is 13.8. The van der Waals surface area contributed by atoms with Gasteiger partial charge in [-0.1, -0.05) is 54.6 Å². The summed E-state index contributed by atoms with van der Waals surface area (Å²) in [4.78, 5) is 15.5. The molecule has 5 rings (SSSR count). The van der Waals surface area contributed by atoms with Crippen LogP contribution in [0.3, 0.4) is 0 Å². The number of hydrogen-bond acceptors (Lipinski definition) is 2. The first-order valence-corrected chi connectivity index (χ1v) is 9.06. The summed E-state index contributed by atoms with van der Waals surface area (Å²) in [7, 11) is 0. The largest absolute Gasteiger partial charge is 0.399 e. The van der Waals surface area contributed by atoms with Gasteiger partial charge < -0.3 is 10.6 Å². The van der Waals surface area contributed by atoms with Crippen molar-refractivity contribution in [2.24, 2.45) is 0 Å². The van der Waals surface area contributed by atoms with Crippen molar-refractivity contribution >= 4 is 11.6 Å². The Bertz CT molecular complexity index is 979. The van der Waals surface area contributed by atoms with Gasteiger partial charge in [-0.25, -0.2) is 0 Å². The third-order valence-corrected chi connectivity index (χ3v) is 5.63. The van der Waals surface area contributed by atoms with E-state index in [1.807, 2.05) is 41.3 Å². The van der Waals surface area contributed by atoms with E-state index in [1.165, 1.54) is 22.3 Å². The molecule has 0 aromatic heterocycles. The van der Waals surface area contributed by atoms with Crippen LogP contribution in [0.4, 0.5) is 5.69 Å². The van der Waals surface area contributed by atoms with E-state index < -0.39 is 0 Å². The molecule has 3 aromatic carbocycles. The molecule has 0 fully saturated rings. The minimum atomic E-state index is -0.197. The van der Waals surface area contributed by atoms with Crippen LogP contribution in [0.25, 0.3) is 11.1 Å². The summed E-state index contributed by atoms with van der Waals surface area (Å²) in [6.45, 7) is 1.41. The molecule has 3 heteroatoms. The van der Waals surface area contributed by atoms with Crippen LogP contribution in [0.1, 0.15) is 28.2 Å². The molecule has 2 aliphatic rings. The summed E-state index contributed by atoms with van der Waals surface area (Å²) >= 11 is 0. The number of carbonyl (C=O) groups is 1. The first-order chi connectivity index (χ1) is 12.7. The number of hydrogen-bond donors (Lipinski definition) is 1. The summed E-state index contributed by atoms with van der Waals surface area (Å²) < 4.78 is 0. The molecule has 0 saturated heterocycles. The topological polar surface area (TPSA) is 46.3 Å². The number of amides is 1. The SMILES string of the molecule is Nc1ccc2c(c1)CCN(C(=O)C1c3ccccc3-c3ccccc31)C2. The van der Waals surface area contributed by atoms with Crippen molar-refractivity contribution in [3.05, 3.63) is 89.0 Å². The fourth-order valence-corrected chi connectivity index (χ4v) is 4.37. The molecule has 128 valence electrons. The van der Waals surface area contributed by atoms with E-state index in [-0.39, 0.29) is 11.8 Å². The average Bonchev–Trinajstić information content (AvgIpc) is 3.01. The van der Waals surface area contributed by atoms with E-state index in [9.17, 15) is 4.79 Å². The lowest BCUT2D eigenvalue weighted by Gasteiger charge is -2.31. The Hall–Kier alpha value is -3.07. The van der Waals surface area contributed by atoms with Crippen molar-refractivity contribution in [3.63, 3.8) is 0 Å². The van der Waals surface area contributed by atoms with Crippen LogP contribution >= 0.6 is 0 Å². The first kappa shape index (κ1) is 15.2. The Kier molecular flexibility index (Phi) is 3.35. The van der Waals surface area contributed by atoms with Gasteiger partial charge in [-0.2, -0.15) is 0 Å². The van der Waals surface area contributed by atoms with Gasteiger partial charge in [-0.15, -0.1) is 0 Å². The smallest absolute Gasteiger partial charge is 0.234 e. The van der Waals surface area contributed by atoms with Crippen molar-refractivity contribution in [2.75, 3.05) is 12.3 Å². The second-order valence-electron chi connectivity index (χ2n) is 7.15. The van der Waals surface area contributed by atoms with Crippen LogP contribution in [-0.4, -0.2) is 17.4 Å². The Balaban J connectivity index is 1.52. The summed E-state index contributed by atoms with van der Waals surface area (Å²) in [5, 5.41) is 0. The van der Waals surface area contributed by atoms with Crippen LogP contribution in [0.5, 0.6) is 0 Å². The van der Waals surface area contributed by atoms with Gasteiger partial charge in [0, 0.05) is 18.8 Å². The fourth-order valence-electron chi connectivity index (χ4n) is 4.37. The van der Waals surface area contributed by atoms with Gasteiger partial charge in [-0.05, 0) is 51.9 Å². The molecule has 26 heavy (non-hydrogen) atoms. The van der Waals surface area contributed by atoms with Crippen LogP contribution in [0.15, 0.2) is 66.7 Å². The van der Waals surface area contributed by atoms with Crippen molar-refractivity contribution < 1.29 is 4.79 Å². The van der Waals surface area contributed by atoms with Crippen molar-refractivity contribution in [3.8, 4) is 11.1 Å². The number of anilines is 1. The molecular weight excluding hydrogens is 320 g/mol. The molecule has 3 aromatic rings. The van der Waals surface area contributed by atoms with Gasteiger partial charge in [-0.3, -0.25) is 4.79 Å². The maximum Gasteiger partial charge on any atom is 0.234 e. The molecule has 1 amide bonds. The predicted molar refractivity (Wildman–Crippen MR) is 104 cm³/mol. The second kappa shape index (κ2) is 5.73. The lowest BCUT2D eigenvalue weighted by molar-refractivity contribution is -0.132. The third-order valence-electron chi connectivity index (χ3n) is 5.63. The number of nitrogens with zero attached hydrogens (tertiary/aromatic N) is 1. The molecular formula is C23H20N2O. The molecule has 0 saturated carbocycles. The standard InChI is InChI=1S/C23H20N2O/c24-17-10-9-16-14-25(12-11-15(16)13-17)23(26)22-20-7-3-1-5-18(20)19-6-2-4-8-21(19)22/h1-10,13,22H,11-12,14,24H2. The molecule has 2 N–H and O–H groups in total. The van der Waals surface area contributed by atoms with Crippen LogP contribution in [-0.2, 0) is 17.8 Å². The minimum Gasteiger partial charge on any atom is -0.399 e. The molecule has 3 nitrogen and oxygen atoms in total. The fraction of sp³-hybridized carbons (Fsp3) is 0.174. The van der Waals surface area contributed by atoms with E-state index in [4.69, 9.17) is 5.73 Å². The van der Waals surface area contributed by atoms with Crippen molar-refractivity contribution in [2.45, 2.75) is 18.9 Å². The second-order valence-corrected chi connectivity index (χ2v) is 7.15. The predicted octanol–water partition coefficient (Wildman–Crippen LogP) is 3.97. The highest BCUT2D eigenvalue weighted by molar-refractivity contribution is 5.96. The Morgan fingerprint density at radius 1 is 0.885 bits per heavy atom. The van der Waals surface area contributed by atoms with Gasteiger partial charge in [0.25, 0.3) is 0 Å². The maximum atomic E-state index is 13.5. The van der Waals surface area contributed by atoms with Gasteiger partial charge >= 0.3 is 0 Å². The van der Waals surface area contributed by atoms with Crippen molar-refractivity contribution in [1.29, 1.82) is 0 Å². The Morgan fingerprint density at radius 3 is 2.23 bits per heavy atom. The highest BCUT2D eigenvalue weighted by Gasteiger charge is 2.36. The maximum absolute atomic E-state index is 13.5. The number of nitrogens with two attached hydrogens (primary N) is 1. The summed E-state index contributed by atoms with van der Waals surface area (Å²) in [5.74, 6) is 0.00241. The summed E-state index contributed by atoms with van der Waals surface area (Å²) in [6.07, 6.45) is 0.863. The molecule has 0 radical (unpaired) electrons. The molecule has 0 bridgehead atoms. The quantitative estimate of drug-likeness (QED) is 0.682. The Morgan fingerprint density at radius 2 is 1.54 bits per heavy atom. The minimum absolute atomic E-state index is 0.197. The van der Waals surface area contributed by atoms with Crippen LogP contribution in [0.2, 0.25) is 0 Å². The monoisotopic (exact) mass is 340 g/mol. The lowest BCUT2D eigenvalue weighted by Crippen LogP contribution is -2.39. The van der Waals surface area contributed by atoms with Crippen LogP contribution < -0.4 is 5.73 Å². The molecule has 0 atom stereocenters.